The highest BCUT2D eigenvalue weighted by Crippen LogP contribution is 2.33. The number of nitrogens with zero attached hydrogens (tertiary/aromatic N) is 2. The number of aryl methyl sites for hydroxylation is 1. The number of hydrogen-bond donors (Lipinski definition) is 2. The van der Waals surface area contributed by atoms with Crippen LogP contribution >= 0.6 is 0 Å². The Labute approximate surface area is 194 Å². The van der Waals surface area contributed by atoms with Gasteiger partial charge < -0.3 is 4.74 Å². The van der Waals surface area contributed by atoms with Crippen molar-refractivity contribution in [3.63, 3.8) is 0 Å². The van der Waals surface area contributed by atoms with Gasteiger partial charge in [0.05, 0.1) is 23.9 Å². The third-order valence-electron chi connectivity index (χ3n) is 5.95. The van der Waals surface area contributed by atoms with Crippen molar-refractivity contribution >= 4 is 28.4 Å². The van der Waals surface area contributed by atoms with E-state index in [0.29, 0.717) is 46.6 Å². The number of benzene rings is 3. The summed E-state index contributed by atoms with van der Waals surface area (Å²) in [6, 6.07) is 16.1. The van der Waals surface area contributed by atoms with Crippen LogP contribution in [0.15, 0.2) is 64.4 Å². The van der Waals surface area contributed by atoms with E-state index < -0.39 is 6.09 Å². The third-order valence-corrected chi connectivity index (χ3v) is 5.95. The average molecular weight is 456 g/mol. The summed E-state index contributed by atoms with van der Waals surface area (Å²) in [5.41, 5.74) is 4.96. The van der Waals surface area contributed by atoms with Crippen molar-refractivity contribution in [2.45, 2.75) is 19.8 Å². The summed E-state index contributed by atoms with van der Waals surface area (Å²) in [7, 11) is 1.29. The summed E-state index contributed by atoms with van der Waals surface area (Å²) in [5.74, 6) is 0.133. The van der Waals surface area contributed by atoms with Crippen molar-refractivity contribution in [1.29, 1.82) is 0 Å². The van der Waals surface area contributed by atoms with Crippen LogP contribution in [-0.2, 0) is 17.6 Å². The minimum Gasteiger partial charge on any atom is -0.453 e. The van der Waals surface area contributed by atoms with Gasteiger partial charge in [-0.05, 0) is 47.4 Å². The number of methoxy groups -OCH3 is 1. The highest BCUT2D eigenvalue weighted by atomic mass is 19.1. The van der Waals surface area contributed by atoms with Gasteiger partial charge in [-0.25, -0.2) is 19.3 Å². The van der Waals surface area contributed by atoms with Crippen LogP contribution in [0, 0.1) is 12.7 Å². The van der Waals surface area contributed by atoms with Crippen molar-refractivity contribution in [3.8, 4) is 11.1 Å². The van der Waals surface area contributed by atoms with Crippen LogP contribution in [0.3, 0.4) is 0 Å². The normalized spacial score (nSPS) is 12.4. The maximum Gasteiger partial charge on any atom is 0.412 e. The minimum atomic E-state index is -0.580. The molecule has 34 heavy (non-hydrogen) atoms. The Morgan fingerprint density at radius 2 is 2.03 bits per heavy atom. The highest BCUT2D eigenvalue weighted by Gasteiger charge is 2.18. The molecular weight excluding hydrogens is 435 g/mol. The predicted molar refractivity (Wildman–Crippen MR) is 128 cm³/mol. The van der Waals surface area contributed by atoms with Gasteiger partial charge in [0, 0.05) is 23.8 Å². The molecule has 2 heterocycles. The number of carbonyl (C=O) groups is 1. The maximum absolute atomic E-state index is 14.8. The van der Waals surface area contributed by atoms with E-state index in [-0.39, 0.29) is 11.4 Å². The summed E-state index contributed by atoms with van der Waals surface area (Å²) in [6.45, 7) is 1.89. The van der Waals surface area contributed by atoms with Crippen molar-refractivity contribution in [1.82, 2.24) is 15.5 Å². The number of aromatic amines is 1. The number of nitrogens with one attached hydrogen (secondary N) is 2. The summed E-state index contributed by atoms with van der Waals surface area (Å²) < 4.78 is 19.4. The van der Waals surface area contributed by atoms with E-state index in [0.717, 1.165) is 22.1 Å². The first-order valence-electron chi connectivity index (χ1n) is 10.7. The molecule has 3 aromatic carbocycles. The number of amides is 1. The molecule has 0 saturated heterocycles. The van der Waals surface area contributed by atoms with Crippen molar-refractivity contribution in [3.05, 3.63) is 93.2 Å². The second kappa shape index (κ2) is 8.55. The monoisotopic (exact) mass is 456 g/mol. The van der Waals surface area contributed by atoms with Gasteiger partial charge in [-0.3, -0.25) is 10.1 Å². The van der Waals surface area contributed by atoms with Crippen LogP contribution in [0.2, 0.25) is 0 Å². The number of halogens is 1. The molecule has 0 saturated carbocycles. The second-order valence-electron chi connectivity index (χ2n) is 8.18. The number of ether oxygens (including phenoxy) is 1. The lowest BCUT2D eigenvalue weighted by atomic mass is 9.97. The van der Waals surface area contributed by atoms with Gasteiger partial charge in [0.2, 0.25) is 0 Å². The van der Waals surface area contributed by atoms with Crippen molar-refractivity contribution in [2.24, 2.45) is 4.99 Å². The fraction of sp³-hybridized carbons (Fsp3) is 0.154. The Morgan fingerprint density at radius 1 is 1.18 bits per heavy atom. The topological polar surface area (TPSA) is 96.4 Å². The molecule has 0 atom stereocenters. The Kier molecular flexibility index (Phi) is 5.41. The predicted octanol–water partition coefficient (Wildman–Crippen LogP) is 4.57. The molecule has 170 valence electrons. The number of alkyl carbamates (subject to hydrolysis) is 1. The largest absolute Gasteiger partial charge is 0.453 e. The molecule has 0 spiro atoms. The quantitative estimate of drug-likeness (QED) is 0.472. The van der Waals surface area contributed by atoms with Crippen LogP contribution in [0.25, 0.3) is 21.9 Å². The number of aliphatic imine (C=N–C) groups is 1. The first-order chi connectivity index (χ1) is 16.4. The molecule has 0 aliphatic carbocycles. The van der Waals surface area contributed by atoms with Gasteiger partial charge in [0.1, 0.15) is 11.7 Å². The fourth-order valence-corrected chi connectivity index (χ4v) is 4.27. The zero-order valence-electron chi connectivity index (χ0n) is 18.6. The first kappa shape index (κ1) is 21.5. The first-order valence-corrected chi connectivity index (χ1v) is 10.7. The summed E-state index contributed by atoms with van der Waals surface area (Å²) in [4.78, 5) is 28.2. The molecule has 0 fully saturated rings. The number of hydrogen-bond acceptors (Lipinski definition) is 5. The molecule has 1 aliphatic heterocycles. The van der Waals surface area contributed by atoms with E-state index in [2.05, 4.69) is 25.2 Å². The van der Waals surface area contributed by atoms with Gasteiger partial charge in [-0.2, -0.15) is 5.10 Å². The van der Waals surface area contributed by atoms with E-state index >= 15 is 0 Å². The van der Waals surface area contributed by atoms with E-state index in [1.165, 1.54) is 13.2 Å². The molecular formula is C26H21FN4O3. The van der Waals surface area contributed by atoms with Crippen molar-refractivity contribution in [2.75, 3.05) is 7.11 Å². The number of rotatable bonds is 3. The Hall–Kier alpha value is -4.33. The summed E-state index contributed by atoms with van der Waals surface area (Å²) >= 11 is 0. The van der Waals surface area contributed by atoms with Crippen LogP contribution in [-0.4, -0.2) is 29.2 Å². The minimum absolute atomic E-state index is 0.226. The lowest BCUT2D eigenvalue weighted by Crippen LogP contribution is -2.30. The smallest absolute Gasteiger partial charge is 0.412 e. The number of amidine groups is 1. The molecule has 1 amide bonds. The van der Waals surface area contributed by atoms with Crippen LogP contribution in [0.5, 0.6) is 0 Å². The lowest BCUT2D eigenvalue weighted by Gasteiger charge is -2.10. The number of H-pyrrole nitrogens is 1. The van der Waals surface area contributed by atoms with E-state index in [1.807, 2.05) is 37.3 Å². The molecule has 0 radical (unpaired) electrons. The van der Waals surface area contributed by atoms with Crippen LogP contribution in [0.4, 0.5) is 14.9 Å². The van der Waals surface area contributed by atoms with Crippen LogP contribution < -0.4 is 10.9 Å². The van der Waals surface area contributed by atoms with Crippen LogP contribution in [0.1, 0.15) is 22.4 Å². The Balaban J connectivity index is 1.49. The molecule has 4 aromatic rings. The van der Waals surface area contributed by atoms with Gasteiger partial charge in [-0.15, -0.1) is 0 Å². The third kappa shape index (κ3) is 3.94. The number of aromatic nitrogens is 2. The lowest BCUT2D eigenvalue weighted by molar-refractivity contribution is 0.176. The van der Waals surface area contributed by atoms with E-state index in [1.54, 1.807) is 18.2 Å². The molecule has 1 aliphatic rings. The SMILES string of the molecule is COC(=O)NC1=Nc2cc(-c3cc(Cc4n[nH]c(=O)c5c(C)cccc45)ccc3F)ccc2C1. The van der Waals surface area contributed by atoms with E-state index in [9.17, 15) is 14.0 Å². The van der Waals surface area contributed by atoms with Gasteiger partial charge in [0.15, 0.2) is 0 Å². The number of carbonyl (C=O) groups excluding carboxylic acids is 1. The maximum atomic E-state index is 14.8. The van der Waals surface area contributed by atoms with E-state index in [4.69, 9.17) is 0 Å². The average Bonchev–Trinajstić information content (AvgIpc) is 3.23. The molecule has 1 aromatic heterocycles. The fourth-order valence-electron chi connectivity index (χ4n) is 4.27. The molecule has 5 rings (SSSR count). The van der Waals surface area contributed by atoms with Crippen molar-refractivity contribution < 1.29 is 13.9 Å². The van der Waals surface area contributed by atoms with Gasteiger partial charge in [0.25, 0.3) is 5.56 Å². The number of fused-ring (bicyclic) bond motifs is 2. The molecule has 0 unspecified atom stereocenters. The standard InChI is InChI=1S/C26H21FN4O3/c1-14-4-3-5-18-22(30-31-25(32)24(14)18)11-15-6-9-20(27)19(10-15)16-7-8-17-13-23(28-21(17)12-16)29-26(33)34-2/h3-10,12H,11,13H2,1-2H3,(H,31,32)(H,28,29,33). The Morgan fingerprint density at radius 3 is 2.85 bits per heavy atom. The van der Waals surface area contributed by atoms with Gasteiger partial charge >= 0.3 is 6.09 Å². The highest BCUT2D eigenvalue weighted by molar-refractivity contribution is 6.01. The van der Waals surface area contributed by atoms with Gasteiger partial charge in [-0.1, -0.05) is 36.4 Å². The molecule has 7 nitrogen and oxygen atoms in total. The molecule has 2 N–H and O–H groups in total. The zero-order chi connectivity index (χ0) is 23.8. The zero-order valence-corrected chi connectivity index (χ0v) is 18.6. The summed E-state index contributed by atoms with van der Waals surface area (Å²) in [6.07, 6.45) is 0.321. The second-order valence-corrected chi connectivity index (χ2v) is 8.18. The molecule has 0 bridgehead atoms. The molecule has 8 heteroatoms. The summed E-state index contributed by atoms with van der Waals surface area (Å²) in [5, 5.41) is 10.8. The Bertz CT molecular complexity index is 1540.